The third-order valence-corrected chi connectivity index (χ3v) is 3.59. The normalized spacial score (nSPS) is 24.2. The molecule has 0 unspecified atom stereocenters. The molecule has 6 nitrogen and oxygen atoms in total. The number of carboxylic acid groups (broad SMARTS) is 1. The molecule has 1 aromatic heterocycles. The fourth-order valence-electron chi connectivity index (χ4n) is 2.33. The van der Waals surface area contributed by atoms with Gasteiger partial charge in [-0.1, -0.05) is 0 Å². The molecular formula is C11H15IN4O2. The topological polar surface area (TPSA) is 69.6 Å². The predicted molar refractivity (Wildman–Crippen MR) is 75.7 cm³/mol. The monoisotopic (exact) mass is 362 g/mol. The average molecular weight is 362 g/mol. The quantitative estimate of drug-likeness (QED) is 0.770. The highest BCUT2D eigenvalue weighted by atomic mass is 127. The Morgan fingerprint density at radius 1 is 1.33 bits per heavy atom. The maximum absolute atomic E-state index is 11.1. The van der Waals surface area contributed by atoms with Crippen molar-refractivity contribution in [3.05, 3.63) is 16.0 Å². The zero-order valence-corrected chi connectivity index (χ0v) is 12.4. The number of anilines is 1. The summed E-state index contributed by atoms with van der Waals surface area (Å²) in [6.45, 7) is 5.06. The molecule has 98 valence electrons. The lowest BCUT2D eigenvalue weighted by Gasteiger charge is -2.42. The van der Waals surface area contributed by atoms with E-state index in [-0.39, 0.29) is 12.1 Å². The van der Waals surface area contributed by atoms with E-state index in [9.17, 15) is 4.79 Å². The zero-order valence-electron chi connectivity index (χ0n) is 10.2. The maximum atomic E-state index is 11.1. The molecule has 1 saturated heterocycles. The van der Waals surface area contributed by atoms with Crippen LogP contribution in [-0.2, 0) is 0 Å². The first kappa shape index (κ1) is 13.3. The van der Waals surface area contributed by atoms with Crippen LogP contribution in [-0.4, -0.2) is 51.2 Å². The van der Waals surface area contributed by atoms with E-state index >= 15 is 0 Å². The molecule has 7 heteroatoms. The summed E-state index contributed by atoms with van der Waals surface area (Å²) in [5.74, 6) is 0.666. The molecule has 2 rings (SSSR count). The van der Waals surface area contributed by atoms with Gasteiger partial charge in [-0.3, -0.25) is 4.90 Å². The van der Waals surface area contributed by atoms with Crippen LogP contribution in [0.1, 0.15) is 13.8 Å². The van der Waals surface area contributed by atoms with E-state index in [0.717, 1.165) is 3.57 Å². The molecule has 1 aliphatic heterocycles. The van der Waals surface area contributed by atoms with Gasteiger partial charge in [-0.2, -0.15) is 0 Å². The molecule has 0 bridgehead atoms. The van der Waals surface area contributed by atoms with Gasteiger partial charge < -0.3 is 10.0 Å². The number of nitrogens with zero attached hydrogens (tertiary/aromatic N) is 4. The molecule has 18 heavy (non-hydrogen) atoms. The maximum Gasteiger partial charge on any atom is 0.407 e. The Bertz CT molecular complexity index is 427. The molecule has 1 fully saturated rings. The average Bonchev–Trinajstić information content (AvgIpc) is 2.28. The number of hydrogen-bond acceptors (Lipinski definition) is 4. The fraction of sp³-hybridized carbons (Fsp3) is 0.545. The summed E-state index contributed by atoms with van der Waals surface area (Å²) in [4.78, 5) is 23.2. The van der Waals surface area contributed by atoms with Gasteiger partial charge in [-0.15, -0.1) is 0 Å². The number of hydrogen-bond donors (Lipinski definition) is 1. The van der Waals surface area contributed by atoms with Crippen molar-refractivity contribution in [2.45, 2.75) is 25.9 Å². The largest absolute Gasteiger partial charge is 0.465 e. The van der Waals surface area contributed by atoms with Crippen LogP contribution in [0.5, 0.6) is 0 Å². The Labute approximate surface area is 119 Å². The van der Waals surface area contributed by atoms with Crippen LogP contribution in [0, 0.1) is 3.57 Å². The van der Waals surface area contributed by atoms with Crippen LogP contribution in [0.15, 0.2) is 12.4 Å². The van der Waals surface area contributed by atoms with Crippen LogP contribution >= 0.6 is 22.6 Å². The van der Waals surface area contributed by atoms with Crippen molar-refractivity contribution < 1.29 is 9.90 Å². The van der Waals surface area contributed by atoms with E-state index in [4.69, 9.17) is 5.11 Å². The minimum atomic E-state index is -0.863. The van der Waals surface area contributed by atoms with Gasteiger partial charge >= 0.3 is 6.09 Å². The third kappa shape index (κ3) is 2.65. The smallest absolute Gasteiger partial charge is 0.407 e. The minimum absolute atomic E-state index is 0.0610. The van der Waals surface area contributed by atoms with Crippen LogP contribution in [0.2, 0.25) is 0 Å². The van der Waals surface area contributed by atoms with E-state index in [1.54, 1.807) is 12.4 Å². The Morgan fingerprint density at radius 2 is 1.83 bits per heavy atom. The van der Waals surface area contributed by atoms with E-state index in [1.165, 1.54) is 4.90 Å². The number of carbonyl (C=O) groups is 1. The van der Waals surface area contributed by atoms with E-state index in [2.05, 4.69) is 32.6 Å². The van der Waals surface area contributed by atoms with Gasteiger partial charge in [0.05, 0.1) is 12.1 Å². The van der Waals surface area contributed by atoms with Crippen LogP contribution < -0.4 is 4.90 Å². The van der Waals surface area contributed by atoms with Crippen LogP contribution in [0.4, 0.5) is 10.7 Å². The van der Waals surface area contributed by atoms with Crippen molar-refractivity contribution in [1.29, 1.82) is 0 Å². The number of rotatable bonds is 1. The Balaban J connectivity index is 2.15. The van der Waals surface area contributed by atoms with Gasteiger partial charge in [0.15, 0.2) is 0 Å². The molecule has 2 heterocycles. The molecule has 2 atom stereocenters. The standard InChI is InChI=1S/C11H15IN4O2/c1-7-5-15(6-8(2)16(7)11(17)18)10-13-3-9(12)4-14-10/h3-4,7-8H,5-6H2,1-2H3,(H,17,18)/t7-,8+. The number of amides is 1. The molecule has 0 radical (unpaired) electrons. The van der Waals surface area contributed by atoms with Crippen molar-refractivity contribution in [3.8, 4) is 0 Å². The van der Waals surface area contributed by atoms with Crippen molar-refractivity contribution in [3.63, 3.8) is 0 Å². The molecular weight excluding hydrogens is 347 g/mol. The predicted octanol–water partition coefficient (Wildman–Crippen LogP) is 1.66. The molecule has 1 aromatic rings. The first-order chi connectivity index (χ1) is 8.49. The summed E-state index contributed by atoms with van der Waals surface area (Å²) < 4.78 is 0.988. The van der Waals surface area contributed by atoms with E-state index in [1.807, 2.05) is 18.7 Å². The highest BCUT2D eigenvalue weighted by Gasteiger charge is 2.33. The van der Waals surface area contributed by atoms with Gasteiger partial charge in [-0.05, 0) is 36.4 Å². The summed E-state index contributed by atoms with van der Waals surface area (Å²) in [5, 5.41) is 9.15. The number of halogens is 1. The van der Waals surface area contributed by atoms with Crippen molar-refractivity contribution in [2.24, 2.45) is 0 Å². The van der Waals surface area contributed by atoms with Gasteiger partial charge in [0, 0.05) is 29.1 Å². The van der Waals surface area contributed by atoms with Crippen molar-refractivity contribution in [1.82, 2.24) is 14.9 Å². The van der Waals surface area contributed by atoms with Crippen molar-refractivity contribution in [2.75, 3.05) is 18.0 Å². The third-order valence-electron chi connectivity index (χ3n) is 3.03. The lowest BCUT2D eigenvalue weighted by atomic mass is 10.1. The lowest BCUT2D eigenvalue weighted by molar-refractivity contribution is 0.0979. The van der Waals surface area contributed by atoms with Crippen LogP contribution in [0.3, 0.4) is 0 Å². The second kappa shape index (κ2) is 5.25. The lowest BCUT2D eigenvalue weighted by Crippen LogP contribution is -2.58. The zero-order chi connectivity index (χ0) is 13.3. The van der Waals surface area contributed by atoms with Gasteiger partial charge in [0.1, 0.15) is 0 Å². The van der Waals surface area contributed by atoms with Crippen LogP contribution in [0.25, 0.3) is 0 Å². The molecule has 0 aliphatic carbocycles. The summed E-state index contributed by atoms with van der Waals surface area (Å²) in [5.41, 5.74) is 0. The molecule has 1 N–H and O–H groups in total. The Hall–Kier alpha value is -1.12. The van der Waals surface area contributed by atoms with Gasteiger partial charge in [0.25, 0.3) is 0 Å². The molecule has 0 spiro atoms. The summed E-state index contributed by atoms with van der Waals surface area (Å²) in [7, 11) is 0. The molecule has 0 saturated carbocycles. The van der Waals surface area contributed by atoms with E-state index < -0.39 is 6.09 Å². The molecule has 1 aliphatic rings. The highest BCUT2D eigenvalue weighted by molar-refractivity contribution is 14.1. The van der Waals surface area contributed by atoms with E-state index in [0.29, 0.717) is 19.0 Å². The highest BCUT2D eigenvalue weighted by Crippen LogP contribution is 2.19. The fourth-order valence-corrected chi connectivity index (χ4v) is 2.61. The number of piperazine rings is 1. The second-order valence-corrected chi connectivity index (χ2v) is 5.74. The SMILES string of the molecule is C[C@@H]1CN(c2ncc(I)cn2)C[C@H](C)N1C(=O)O. The summed E-state index contributed by atoms with van der Waals surface area (Å²) >= 11 is 2.16. The molecule has 0 aromatic carbocycles. The first-order valence-corrected chi connectivity index (χ1v) is 6.80. The van der Waals surface area contributed by atoms with Gasteiger partial charge in [-0.25, -0.2) is 14.8 Å². The first-order valence-electron chi connectivity index (χ1n) is 5.72. The molecule has 1 amide bonds. The summed E-state index contributed by atoms with van der Waals surface area (Å²) in [6, 6.07) is -0.122. The Kier molecular flexibility index (Phi) is 3.88. The summed E-state index contributed by atoms with van der Waals surface area (Å²) in [6.07, 6.45) is 2.67. The number of aromatic nitrogens is 2. The van der Waals surface area contributed by atoms with Crippen molar-refractivity contribution >= 4 is 34.6 Å². The second-order valence-electron chi connectivity index (χ2n) is 4.49. The van der Waals surface area contributed by atoms with Gasteiger partial charge in [0.2, 0.25) is 5.95 Å². The Morgan fingerprint density at radius 3 is 2.28 bits per heavy atom. The minimum Gasteiger partial charge on any atom is -0.465 e.